The van der Waals surface area contributed by atoms with E-state index in [-0.39, 0.29) is 11.4 Å². The van der Waals surface area contributed by atoms with Crippen molar-refractivity contribution in [2.24, 2.45) is 0 Å². The molecule has 6 aromatic rings. The first-order chi connectivity index (χ1) is 24.0. The van der Waals surface area contributed by atoms with Crippen molar-refractivity contribution in [3.8, 4) is 0 Å². The molecule has 2 aliphatic rings. The largest absolute Gasteiger partial charge is 0.383 e. The summed E-state index contributed by atoms with van der Waals surface area (Å²) < 4.78 is 38.4. The Hall–Kier alpha value is -4.14. The van der Waals surface area contributed by atoms with Gasteiger partial charge in [0.1, 0.15) is 27.4 Å². The molecule has 13 heteroatoms. The van der Waals surface area contributed by atoms with Gasteiger partial charge in [-0.15, -0.1) is 22.7 Å². The molecular weight excluding hydrogens is 667 g/mol. The highest BCUT2D eigenvalue weighted by atomic mass is 32.1. The summed E-state index contributed by atoms with van der Waals surface area (Å²) in [6, 6.07) is 17.7. The Kier molecular flexibility index (Phi) is 10.6. The molecule has 3 N–H and O–H groups in total. The number of nitrogens with zero attached hydrogens (tertiary/aromatic N) is 4. The van der Waals surface area contributed by atoms with E-state index in [0.29, 0.717) is 40.8 Å². The molecule has 254 valence electrons. The molecule has 6 heterocycles. The highest BCUT2D eigenvalue weighted by Crippen LogP contribution is 2.33. The number of ether oxygens (including phenoxy) is 2. The molecule has 8 rings (SSSR count). The number of hydrogen-bond donors (Lipinski definition) is 3. The van der Waals surface area contributed by atoms with E-state index in [1.165, 1.54) is 23.5 Å². The minimum atomic E-state index is -1.01. The number of benzene rings is 2. The minimum Gasteiger partial charge on any atom is -0.383 e. The Bertz CT molecular complexity index is 2010. The minimum absolute atomic E-state index is 0.164. The van der Waals surface area contributed by atoms with Crippen LogP contribution in [-0.2, 0) is 15.9 Å². The second-order valence-electron chi connectivity index (χ2n) is 12.0. The van der Waals surface area contributed by atoms with Crippen molar-refractivity contribution >= 4 is 55.0 Å². The zero-order valence-electron chi connectivity index (χ0n) is 26.6. The van der Waals surface area contributed by atoms with Crippen LogP contribution in [0.1, 0.15) is 52.7 Å². The molecule has 0 spiro atoms. The van der Waals surface area contributed by atoms with Crippen LogP contribution >= 0.6 is 22.7 Å². The van der Waals surface area contributed by atoms with Crippen molar-refractivity contribution in [1.82, 2.24) is 19.9 Å². The molecule has 2 fully saturated rings. The van der Waals surface area contributed by atoms with Crippen LogP contribution < -0.4 is 10.6 Å². The van der Waals surface area contributed by atoms with Crippen molar-refractivity contribution in [2.75, 3.05) is 37.1 Å². The standard InChI is InChI=1S/C18H18FN3O2S.C18H18FN3OS/c19-14-4-2-1-3-13(14)16(23)15-9-11-10-20-18(22-17(11)25-15)21-12-5-7-24-8-6-12;19-16-4-2-1-3-12(16)9-15-10-13-11-20-18(22-17(13)24-15)21-14-5-7-23-8-6-14/h1-4,9-10,12,16,23H,5-8H2,(H,20,21,22);1-4,10-11,14H,5-9H2,(H,20,21,22). The number of nitrogens with one attached hydrogen (secondary N) is 2. The SMILES string of the molecule is Fc1ccccc1Cc1cc2cnc(NC3CCOCC3)nc2s1.OC(c1cc2cnc(NC3CCOCC3)nc2s1)c1ccccc1F. The van der Waals surface area contributed by atoms with E-state index in [0.717, 1.165) is 77.4 Å². The summed E-state index contributed by atoms with van der Waals surface area (Å²) in [5, 5.41) is 19.1. The Balaban J connectivity index is 0.000000154. The number of aliphatic hydroxyl groups is 1. The quantitative estimate of drug-likeness (QED) is 0.148. The molecule has 1 unspecified atom stereocenters. The monoisotopic (exact) mass is 702 g/mol. The van der Waals surface area contributed by atoms with Gasteiger partial charge < -0.3 is 25.2 Å². The lowest BCUT2D eigenvalue weighted by Gasteiger charge is -2.22. The van der Waals surface area contributed by atoms with Gasteiger partial charge in [0.25, 0.3) is 0 Å². The maximum atomic E-state index is 13.9. The van der Waals surface area contributed by atoms with Gasteiger partial charge in [-0.05, 0) is 55.5 Å². The maximum Gasteiger partial charge on any atom is 0.224 e. The molecule has 9 nitrogen and oxygen atoms in total. The summed E-state index contributed by atoms with van der Waals surface area (Å²) in [6.45, 7) is 3.06. The van der Waals surface area contributed by atoms with Gasteiger partial charge in [0.15, 0.2) is 0 Å². The van der Waals surface area contributed by atoms with E-state index >= 15 is 0 Å². The van der Waals surface area contributed by atoms with Crippen molar-refractivity contribution in [3.63, 3.8) is 0 Å². The van der Waals surface area contributed by atoms with E-state index in [4.69, 9.17) is 9.47 Å². The molecule has 1 atom stereocenters. The van der Waals surface area contributed by atoms with E-state index in [2.05, 4.69) is 30.6 Å². The zero-order valence-corrected chi connectivity index (χ0v) is 28.3. The topological polar surface area (TPSA) is 114 Å². The van der Waals surface area contributed by atoms with Crippen LogP contribution in [0.2, 0.25) is 0 Å². The molecular formula is C36H36F2N6O3S2. The van der Waals surface area contributed by atoms with E-state index in [1.807, 2.05) is 30.5 Å². The van der Waals surface area contributed by atoms with Crippen LogP contribution in [0, 0.1) is 11.6 Å². The third-order valence-corrected chi connectivity index (χ3v) is 10.7. The third-order valence-electron chi connectivity index (χ3n) is 8.52. The van der Waals surface area contributed by atoms with Crippen LogP contribution in [0.3, 0.4) is 0 Å². The maximum absolute atomic E-state index is 13.9. The van der Waals surface area contributed by atoms with Gasteiger partial charge in [0, 0.05) is 83.4 Å². The van der Waals surface area contributed by atoms with Gasteiger partial charge in [-0.2, -0.15) is 0 Å². The Morgan fingerprint density at radius 3 is 1.90 bits per heavy atom. The second-order valence-corrected chi connectivity index (χ2v) is 14.2. The lowest BCUT2D eigenvalue weighted by Crippen LogP contribution is -2.28. The molecule has 0 bridgehead atoms. The first kappa shape index (κ1) is 33.4. The number of anilines is 2. The van der Waals surface area contributed by atoms with Crippen LogP contribution in [0.25, 0.3) is 20.4 Å². The fourth-order valence-corrected chi connectivity index (χ4v) is 7.86. The number of aromatic nitrogens is 4. The Labute approximate surface area is 290 Å². The summed E-state index contributed by atoms with van der Waals surface area (Å²) in [7, 11) is 0. The van der Waals surface area contributed by atoms with Crippen molar-refractivity contribution in [1.29, 1.82) is 0 Å². The lowest BCUT2D eigenvalue weighted by atomic mass is 10.1. The van der Waals surface area contributed by atoms with Crippen molar-refractivity contribution < 1.29 is 23.4 Å². The molecule has 49 heavy (non-hydrogen) atoms. The molecule has 0 aliphatic carbocycles. The third kappa shape index (κ3) is 8.36. The van der Waals surface area contributed by atoms with Crippen molar-refractivity contribution in [3.05, 3.63) is 106 Å². The van der Waals surface area contributed by atoms with Gasteiger partial charge in [0.2, 0.25) is 11.9 Å². The molecule has 4 aromatic heterocycles. The molecule has 0 radical (unpaired) electrons. The predicted molar refractivity (Wildman–Crippen MR) is 189 cm³/mol. The predicted octanol–water partition coefficient (Wildman–Crippen LogP) is 7.52. The number of hydrogen-bond acceptors (Lipinski definition) is 11. The van der Waals surface area contributed by atoms with Crippen LogP contribution in [-0.4, -0.2) is 63.6 Å². The molecule has 2 saturated heterocycles. The van der Waals surface area contributed by atoms with Gasteiger partial charge >= 0.3 is 0 Å². The van der Waals surface area contributed by atoms with Gasteiger partial charge in [-0.25, -0.2) is 28.7 Å². The average molecular weight is 703 g/mol. The van der Waals surface area contributed by atoms with Gasteiger partial charge in [-0.1, -0.05) is 36.4 Å². The van der Waals surface area contributed by atoms with Crippen LogP contribution in [0.15, 0.2) is 73.1 Å². The Morgan fingerprint density at radius 1 is 0.735 bits per heavy atom. The van der Waals surface area contributed by atoms with Gasteiger partial charge in [0.05, 0.1) is 0 Å². The highest BCUT2D eigenvalue weighted by Gasteiger charge is 2.20. The number of fused-ring (bicyclic) bond motifs is 2. The van der Waals surface area contributed by atoms with Crippen molar-refractivity contribution in [2.45, 2.75) is 50.3 Å². The Morgan fingerprint density at radius 2 is 1.29 bits per heavy atom. The summed E-state index contributed by atoms with van der Waals surface area (Å²) in [4.78, 5) is 21.4. The molecule has 2 aliphatic heterocycles. The first-order valence-corrected chi connectivity index (χ1v) is 18.0. The summed E-state index contributed by atoms with van der Waals surface area (Å²) in [5.74, 6) is 0.658. The number of thiophene rings is 2. The van der Waals surface area contributed by atoms with E-state index in [9.17, 15) is 13.9 Å². The fourth-order valence-electron chi connectivity index (χ4n) is 5.82. The normalized spacial score (nSPS) is 16.3. The molecule has 0 amide bonds. The average Bonchev–Trinajstić information content (AvgIpc) is 3.74. The van der Waals surface area contributed by atoms with Crippen LogP contribution in [0.4, 0.5) is 20.7 Å². The van der Waals surface area contributed by atoms with Gasteiger partial charge in [-0.3, -0.25) is 0 Å². The summed E-state index contributed by atoms with van der Waals surface area (Å²) in [6.07, 6.45) is 6.97. The number of halogens is 2. The lowest BCUT2D eigenvalue weighted by molar-refractivity contribution is 0.0902. The summed E-state index contributed by atoms with van der Waals surface area (Å²) in [5.41, 5.74) is 0.972. The fraction of sp³-hybridized carbons (Fsp3) is 0.333. The number of aliphatic hydroxyl groups excluding tert-OH is 1. The summed E-state index contributed by atoms with van der Waals surface area (Å²) >= 11 is 2.95. The van der Waals surface area contributed by atoms with E-state index < -0.39 is 11.9 Å². The van der Waals surface area contributed by atoms with Crippen LogP contribution in [0.5, 0.6) is 0 Å². The number of rotatable bonds is 8. The second kappa shape index (κ2) is 15.6. The zero-order chi connectivity index (χ0) is 33.6. The van der Waals surface area contributed by atoms with E-state index in [1.54, 1.807) is 41.8 Å². The first-order valence-electron chi connectivity index (χ1n) is 16.3. The highest BCUT2D eigenvalue weighted by molar-refractivity contribution is 7.19. The smallest absolute Gasteiger partial charge is 0.224 e. The molecule has 0 saturated carbocycles. The molecule has 2 aromatic carbocycles.